The quantitative estimate of drug-likeness (QED) is 0.489. The number of aromatic nitrogens is 3. The van der Waals surface area contributed by atoms with Gasteiger partial charge in [-0.2, -0.15) is 4.98 Å². The van der Waals surface area contributed by atoms with Crippen LogP contribution < -0.4 is 16.0 Å². The Bertz CT molecular complexity index is 912. The highest BCUT2D eigenvalue weighted by molar-refractivity contribution is 5.98. The molecule has 3 heterocycles. The molecule has 9 heteroatoms. The molecule has 2 amide bonds. The Kier molecular flexibility index (Phi) is 8.53. The first-order valence-electron chi connectivity index (χ1n) is 11.1. The second-order valence-corrected chi connectivity index (χ2v) is 7.69. The molecule has 0 radical (unpaired) electrons. The summed E-state index contributed by atoms with van der Waals surface area (Å²) in [5.74, 6) is 0.720. The standard InChI is InChI=1S/C23H31N7O2/c1-3-10-25-21-19(22(32)28-18-8-14-30(15-9-18)20(31)4-2)16-27-23(29-21)26-13-7-17-5-11-24-12-6-17/h4-6,11-12,16,18H,2-3,7-10,13-15H2,1H3,(H,28,32)(H2,25,26,27,29). The second kappa shape index (κ2) is 11.8. The van der Waals surface area contributed by atoms with Gasteiger partial charge >= 0.3 is 0 Å². The van der Waals surface area contributed by atoms with E-state index in [0.717, 1.165) is 12.8 Å². The van der Waals surface area contributed by atoms with Crippen LogP contribution in [0.5, 0.6) is 0 Å². The van der Waals surface area contributed by atoms with Crippen LogP contribution in [0.4, 0.5) is 11.8 Å². The van der Waals surface area contributed by atoms with E-state index in [1.165, 1.54) is 11.6 Å². The zero-order valence-electron chi connectivity index (χ0n) is 18.5. The van der Waals surface area contributed by atoms with Crippen molar-refractivity contribution in [2.24, 2.45) is 0 Å². The second-order valence-electron chi connectivity index (χ2n) is 7.69. The Morgan fingerprint density at radius 1 is 1.19 bits per heavy atom. The molecule has 0 bridgehead atoms. The van der Waals surface area contributed by atoms with Crippen LogP contribution in [-0.4, -0.2) is 63.9 Å². The molecular formula is C23H31N7O2. The predicted molar refractivity (Wildman–Crippen MR) is 125 cm³/mol. The van der Waals surface area contributed by atoms with Crippen LogP contribution in [-0.2, 0) is 11.2 Å². The first-order chi connectivity index (χ1) is 15.6. The van der Waals surface area contributed by atoms with Crippen LogP contribution in [0.1, 0.15) is 42.1 Å². The molecule has 1 fully saturated rings. The van der Waals surface area contributed by atoms with Crippen molar-refractivity contribution in [2.75, 3.05) is 36.8 Å². The van der Waals surface area contributed by atoms with Crippen LogP contribution >= 0.6 is 0 Å². The topological polar surface area (TPSA) is 112 Å². The highest BCUT2D eigenvalue weighted by atomic mass is 16.2. The Morgan fingerprint density at radius 2 is 1.94 bits per heavy atom. The normalized spacial score (nSPS) is 14.0. The minimum Gasteiger partial charge on any atom is -0.369 e. The number of carbonyl (C=O) groups excluding carboxylic acids is 2. The smallest absolute Gasteiger partial charge is 0.256 e. The summed E-state index contributed by atoms with van der Waals surface area (Å²) in [7, 11) is 0. The number of carbonyl (C=O) groups is 2. The summed E-state index contributed by atoms with van der Waals surface area (Å²) in [6.45, 7) is 8.17. The molecule has 9 nitrogen and oxygen atoms in total. The van der Waals surface area contributed by atoms with Crippen LogP contribution in [0.15, 0.2) is 43.4 Å². The van der Waals surface area contributed by atoms with Gasteiger partial charge in [0.2, 0.25) is 11.9 Å². The van der Waals surface area contributed by atoms with Gasteiger partial charge in [0.25, 0.3) is 5.91 Å². The van der Waals surface area contributed by atoms with E-state index < -0.39 is 0 Å². The lowest BCUT2D eigenvalue weighted by Gasteiger charge is -2.31. The number of likely N-dealkylation sites (tertiary alicyclic amines) is 1. The van der Waals surface area contributed by atoms with Gasteiger partial charge < -0.3 is 20.9 Å². The van der Waals surface area contributed by atoms with Crippen LogP contribution in [0.2, 0.25) is 0 Å². The average Bonchev–Trinajstić information content (AvgIpc) is 2.83. The first kappa shape index (κ1) is 23.2. The molecule has 32 heavy (non-hydrogen) atoms. The number of hydrogen-bond donors (Lipinski definition) is 3. The van der Waals surface area contributed by atoms with Gasteiger partial charge in [-0.1, -0.05) is 13.5 Å². The molecule has 0 aromatic carbocycles. The number of anilines is 2. The van der Waals surface area contributed by atoms with E-state index in [-0.39, 0.29) is 17.9 Å². The highest BCUT2D eigenvalue weighted by Crippen LogP contribution is 2.17. The molecule has 1 aliphatic rings. The fraction of sp³-hybridized carbons (Fsp3) is 0.435. The Morgan fingerprint density at radius 3 is 2.62 bits per heavy atom. The van der Waals surface area contributed by atoms with E-state index in [1.54, 1.807) is 23.5 Å². The molecule has 2 aromatic rings. The van der Waals surface area contributed by atoms with Crippen molar-refractivity contribution < 1.29 is 9.59 Å². The molecule has 3 N–H and O–H groups in total. The lowest BCUT2D eigenvalue weighted by atomic mass is 10.0. The molecule has 0 atom stereocenters. The lowest BCUT2D eigenvalue weighted by Crippen LogP contribution is -2.46. The summed E-state index contributed by atoms with van der Waals surface area (Å²) in [5.41, 5.74) is 1.59. The van der Waals surface area contributed by atoms with Gasteiger partial charge in [0.15, 0.2) is 0 Å². The molecule has 1 aliphatic heterocycles. The van der Waals surface area contributed by atoms with E-state index in [4.69, 9.17) is 0 Å². The molecule has 2 aromatic heterocycles. The molecule has 170 valence electrons. The zero-order valence-corrected chi connectivity index (χ0v) is 18.5. The summed E-state index contributed by atoms with van der Waals surface area (Å²) >= 11 is 0. The lowest BCUT2D eigenvalue weighted by molar-refractivity contribution is -0.127. The summed E-state index contributed by atoms with van der Waals surface area (Å²) in [5, 5.41) is 9.52. The number of amides is 2. The molecule has 1 saturated heterocycles. The van der Waals surface area contributed by atoms with Gasteiger partial charge in [-0.05, 0) is 49.5 Å². The first-order valence-corrected chi connectivity index (χ1v) is 11.1. The largest absolute Gasteiger partial charge is 0.369 e. The number of piperidine rings is 1. The Hall–Kier alpha value is -3.49. The monoisotopic (exact) mass is 437 g/mol. The third kappa shape index (κ3) is 6.50. The number of pyridine rings is 1. The molecule has 0 saturated carbocycles. The molecule has 3 rings (SSSR count). The van der Waals surface area contributed by atoms with Gasteiger partial charge in [-0.3, -0.25) is 14.6 Å². The maximum absolute atomic E-state index is 12.9. The maximum Gasteiger partial charge on any atom is 0.256 e. The van der Waals surface area contributed by atoms with Crippen molar-refractivity contribution in [1.82, 2.24) is 25.2 Å². The summed E-state index contributed by atoms with van der Waals surface area (Å²) < 4.78 is 0. The number of rotatable bonds is 10. The average molecular weight is 438 g/mol. The van der Waals surface area contributed by atoms with Crippen molar-refractivity contribution in [3.05, 3.63) is 54.5 Å². The van der Waals surface area contributed by atoms with Crippen molar-refractivity contribution in [3.8, 4) is 0 Å². The predicted octanol–water partition coefficient (Wildman–Crippen LogP) is 2.25. The minimum atomic E-state index is -0.208. The van der Waals surface area contributed by atoms with E-state index in [2.05, 4.69) is 44.4 Å². The van der Waals surface area contributed by atoms with Gasteiger partial charge in [0.05, 0.1) is 0 Å². The van der Waals surface area contributed by atoms with Crippen molar-refractivity contribution in [1.29, 1.82) is 0 Å². The zero-order chi connectivity index (χ0) is 22.8. The third-order valence-electron chi connectivity index (χ3n) is 5.34. The number of nitrogens with one attached hydrogen (secondary N) is 3. The van der Waals surface area contributed by atoms with Gasteiger partial charge in [-0.25, -0.2) is 4.98 Å². The van der Waals surface area contributed by atoms with Crippen LogP contribution in [0, 0.1) is 0 Å². The summed E-state index contributed by atoms with van der Waals surface area (Å²) in [6, 6.07) is 3.96. The van der Waals surface area contributed by atoms with E-state index in [9.17, 15) is 9.59 Å². The summed E-state index contributed by atoms with van der Waals surface area (Å²) in [4.78, 5) is 39.3. The molecule has 0 aliphatic carbocycles. The molecule has 0 spiro atoms. The van der Waals surface area contributed by atoms with Crippen molar-refractivity contribution in [2.45, 2.75) is 38.6 Å². The highest BCUT2D eigenvalue weighted by Gasteiger charge is 2.24. The van der Waals surface area contributed by atoms with Crippen molar-refractivity contribution >= 4 is 23.6 Å². The van der Waals surface area contributed by atoms with Crippen LogP contribution in [0.3, 0.4) is 0 Å². The van der Waals surface area contributed by atoms with Gasteiger partial charge in [0, 0.05) is 50.8 Å². The fourth-order valence-electron chi connectivity index (χ4n) is 3.52. The fourth-order valence-corrected chi connectivity index (χ4v) is 3.52. The summed E-state index contributed by atoms with van der Waals surface area (Å²) in [6.07, 6.45) is 9.57. The third-order valence-corrected chi connectivity index (χ3v) is 5.34. The Balaban J connectivity index is 1.60. The van der Waals surface area contributed by atoms with Crippen molar-refractivity contribution in [3.63, 3.8) is 0 Å². The van der Waals surface area contributed by atoms with Gasteiger partial charge in [-0.15, -0.1) is 0 Å². The Labute approximate surface area is 188 Å². The molecular weight excluding hydrogens is 406 g/mol. The van der Waals surface area contributed by atoms with Gasteiger partial charge in [0.1, 0.15) is 11.4 Å². The SMILES string of the molecule is C=CC(=O)N1CCC(NC(=O)c2cnc(NCCc3ccncc3)nc2NCCC)CC1. The number of nitrogens with zero attached hydrogens (tertiary/aromatic N) is 4. The van der Waals surface area contributed by atoms with E-state index in [0.29, 0.717) is 56.4 Å². The van der Waals surface area contributed by atoms with E-state index >= 15 is 0 Å². The van der Waals surface area contributed by atoms with Crippen LogP contribution in [0.25, 0.3) is 0 Å². The van der Waals surface area contributed by atoms with E-state index in [1.807, 2.05) is 12.1 Å². The minimum absolute atomic E-state index is 0.00792. The number of hydrogen-bond acceptors (Lipinski definition) is 7. The molecule has 0 unspecified atom stereocenters. The maximum atomic E-state index is 12.9.